The van der Waals surface area contributed by atoms with Crippen LogP contribution in [0.5, 0.6) is 17.2 Å². The van der Waals surface area contributed by atoms with Crippen molar-refractivity contribution in [3.05, 3.63) is 48.0 Å². The molecular weight excluding hydrogens is 376 g/mol. The lowest BCUT2D eigenvalue weighted by Crippen LogP contribution is -2.32. The standard InChI is InChI=1S/C21H24N2O4S/c1-5-23-20(24)19(12-14-6-9-17(26-3)13-18(14)27-4)28-21(23)22-15-7-10-16(25-2)11-8-15/h6-11,13,19H,5,12H2,1-4H3/t19-/m1/s1. The summed E-state index contributed by atoms with van der Waals surface area (Å²) in [6.07, 6.45) is 0.564. The summed E-state index contributed by atoms with van der Waals surface area (Å²) in [7, 11) is 4.87. The fraction of sp³-hybridized carbons (Fsp3) is 0.333. The number of rotatable bonds is 7. The molecule has 28 heavy (non-hydrogen) atoms. The molecule has 1 amide bonds. The van der Waals surface area contributed by atoms with Crippen LogP contribution in [0.4, 0.5) is 5.69 Å². The van der Waals surface area contributed by atoms with Gasteiger partial charge in [0.2, 0.25) is 5.91 Å². The number of hydrogen-bond acceptors (Lipinski definition) is 6. The zero-order chi connectivity index (χ0) is 20.1. The molecule has 6 nitrogen and oxygen atoms in total. The van der Waals surface area contributed by atoms with Gasteiger partial charge in [-0.1, -0.05) is 17.8 Å². The Morgan fingerprint density at radius 1 is 1.00 bits per heavy atom. The third kappa shape index (κ3) is 4.25. The molecule has 1 aliphatic heterocycles. The molecule has 2 aromatic carbocycles. The van der Waals surface area contributed by atoms with Crippen LogP contribution in [0, 0.1) is 0 Å². The Hall–Kier alpha value is -2.67. The van der Waals surface area contributed by atoms with Crippen LogP contribution in [0.25, 0.3) is 0 Å². The van der Waals surface area contributed by atoms with Crippen LogP contribution in [0.3, 0.4) is 0 Å². The Morgan fingerprint density at radius 3 is 2.29 bits per heavy atom. The predicted octanol–water partition coefficient (Wildman–Crippen LogP) is 3.91. The fourth-order valence-corrected chi connectivity index (χ4v) is 4.25. The molecule has 0 spiro atoms. The van der Waals surface area contributed by atoms with E-state index in [4.69, 9.17) is 14.2 Å². The van der Waals surface area contributed by atoms with Crippen molar-refractivity contribution < 1.29 is 19.0 Å². The van der Waals surface area contributed by atoms with Gasteiger partial charge in [0.25, 0.3) is 0 Å². The first-order valence-electron chi connectivity index (χ1n) is 9.01. The minimum atomic E-state index is -0.237. The van der Waals surface area contributed by atoms with Crippen molar-refractivity contribution in [2.75, 3.05) is 27.9 Å². The van der Waals surface area contributed by atoms with Gasteiger partial charge in [-0.3, -0.25) is 9.69 Å². The fourth-order valence-electron chi connectivity index (χ4n) is 3.00. The highest BCUT2D eigenvalue weighted by Gasteiger charge is 2.37. The van der Waals surface area contributed by atoms with Crippen LogP contribution < -0.4 is 14.2 Å². The van der Waals surface area contributed by atoms with E-state index in [0.717, 1.165) is 33.7 Å². The highest BCUT2D eigenvalue weighted by molar-refractivity contribution is 8.15. The normalized spacial score (nSPS) is 17.9. The van der Waals surface area contributed by atoms with Crippen LogP contribution in [0.1, 0.15) is 12.5 Å². The molecule has 1 saturated heterocycles. The van der Waals surface area contributed by atoms with Crippen LogP contribution in [-0.2, 0) is 11.2 Å². The molecule has 0 aromatic heterocycles. The number of hydrogen-bond donors (Lipinski definition) is 0. The third-order valence-electron chi connectivity index (χ3n) is 4.53. The molecule has 0 unspecified atom stereocenters. The first-order valence-corrected chi connectivity index (χ1v) is 9.89. The molecule has 0 bridgehead atoms. The van der Waals surface area contributed by atoms with Crippen molar-refractivity contribution in [1.82, 2.24) is 4.90 Å². The van der Waals surface area contributed by atoms with Gasteiger partial charge in [-0.2, -0.15) is 0 Å². The van der Waals surface area contributed by atoms with Gasteiger partial charge in [0.05, 0.1) is 32.3 Å². The van der Waals surface area contributed by atoms with Crippen LogP contribution in [0.2, 0.25) is 0 Å². The maximum absolute atomic E-state index is 12.9. The van der Waals surface area contributed by atoms with E-state index in [0.29, 0.717) is 13.0 Å². The summed E-state index contributed by atoms with van der Waals surface area (Å²) in [5.41, 5.74) is 1.76. The maximum atomic E-state index is 12.9. The van der Waals surface area contributed by atoms with Crippen LogP contribution in [0.15, 0.2) is 47.5 Å². The minimum absolute atomic E-state index is 0.0673. The van der Waals surface area contributed by atoms with Gasteiger partial charge >= 0.3 is 0 Å². The summed E-state index contributed by atoms with van der Waals surface area (Å²) >= 11 is 1.49. The highest BCUT2D eigenvalue weighted by Crippen LogP contribution is 2.34. The average Bonchev–Trinajstić information content (AvgIpc) is 3.02. The number of amidine groups is 1. The lowest BCUT2D eigenvalue weighted by atomic mass is 10.1. The van der Waals surface area contributed by atoms with Crippen molar-refractivity contribution in [1.29, 1.82) is 0 Å². The molecule has 1 heterocycles. The summed E-state index contributed by atoms with van der Waals surface area (Å²) in [5, 5.41) is 0.481. The minimum Gasteiger partial charge on any atom is -0.497 e. The van der Waals surface area contributed by atoms with Gasteiger partial charge in [0.1, 0.15) is 17.2 Å². The predicted molar refractivity (Wildman–Crippen MR) is 112 cm³/mol. The van der Waals surface area contributed by atoms with Crippen LogP contribution >= 0.6 is 11.8 Å². The molecule has 1 aliphatic rings. The molecule has 0 aliphatic carbocycles. The van der Waals surface area contributed by atoms with E-state index in [1.807, 2.05) is 49.4 Å². The topological polar surface area (TPSA) is 60.4 Å². The number of ether oxygens (including phenoxy) is 3. The van der Waals surface area contributed by atoms with Crippen molar-refractivity contribution in [3.63, 3.8) is 0 Å². The molecule has 7 heteroatoms. The third-order valence-corrected chi connectivity index (χ3v) is 5.71. The van der Waals surface area contributed by atoms with E-state index >= 15 is 0 Å². The summed E-state index contributed by atoms with van der Waals surface area (Å²) in [5.74, 6) is 2.29. The summed E-state index contributed by atoms with van der Waals surface area (Å²) < 4.78 is 15.9. The van der Waals surface area contributed by atoms with Gasteiger partial charge in [0, 0.05) is 12.6 Å². The van der Waals surface area contributed by atoms with Crippen molar-refractivity contribution in [2.45, 2.75) is 18.6 Å². The molecule has 148 valence electrons. The quantitative estimate of drug-likeness (QED) is 0.705. The van der Waals surface area contributed by atoms with E-state index in [1.165, 1.54) is 11.8 Å². The maximum Gasteiger partial charge on any atom is 0.242 e. The Kier molecular flexibility index (Phi) is 6.46. The zero-order valence-corrected chi connectivity index (χ0v) is 17.3. The number of methoxy groups -OCH3 is 3. The molecule has 3 rings (SSSR count). The molecular formula is C21H24N2O4S. The van der Waals surface area contributed by atoms with Gasteiger partial charge in [-0.15, -0.1) is 0 Å². The summed E-state index contributed by atoms with van der Waals surface area (Å²) in [4.78, 5) is 19.3. The van der Waals surface area contributed by atoms with E-state index in [-0.39, 0.29) is 11.2 Å². The van der Waals surface area contributed by atoms with Gasteiger partial charge in [0.15, 0.2) is 5.17 Å². The molecule has 0 saturated carbocycles. The molecule has 1 atom stereocenters. The highest BCUT2D eigenvalue weighted by atomic mass is 32.2. The van der Waals surface area contributed by atoms with Crippen LogP contribution in [-0.4, -0.2) is 49.1 Å². The lowest BCUT2D eigenvalue weighted by molar-refractivity contribution is -0.126. The molecule has 1 fully saturated rings. The number of amides is 1. The van der Waals surface area contributed by atoms with E-state index in [2.05, 4.69) is 4.99 Å². The first-order chi connectivity index (χ1) is 13.6. The Labute approximate surface area is 169 Å². The van der Waals surface area contributed by atoms with Gasteiger partial charge in [-0.25, -0.2) is 4.99 Å². The second-order valence-corrected chi connectivity index (χ2v) is 7.33. The monoisotopic (exact) mass is 400 g/mol. The Morgan fingerprint density at radius 2 is 1.68 bits per heavy atom. The Bertz CT molecular complexity index is 867. The number of carbonyl (C=O) groups excluding carboxylic acids is 1. The Balaban J connectivity index is 1.82. The smallest absolute Gasteiger partial charge is 0.242 e. The number of benzene rings is 2. The number of carbonyl (C=O) groups is 1. The lowest BCUT2D eigenvalue weighted by Gasteiger charge is -2.14. The first kappa shape index (κ1) is 20.1. The van der Waals surface area contributed by atoms with E-state index < -0.39 is 0 Å². The zero-order valence-electron chi connectivity index (χ0n) is 16.5. The SMILES string of the molecule is CCN1C(=O)[C@@H](Cc2ccc(OC)cc2OC)SC1=Nc1ccc(OC)cc1. The molecule has 0 N–H and O–H groups in total. The number of aliphatic imine (C=N–C) groups is 1. The van der Waals surface area contributed by atoms with Crippen molar-refractivity contribution in [2.24, 2.45) is 4.99 Å². The number of nitrogens with zero attached hydrogens (tertiary/aromatic N) is 2. The molecule has 0 radical (unpaired) electrons. The van der Waals surface area contributed by atoms with Crippen molar-refractivity contribution >= 4 is 28.5 Å². The number of thioether (sulfide) groups is 1. The largest absolute Gasteiger partial charge is 0.497 e. The summed E-state index contributed by atoms with van der Waals surface area (Å²) in [6.45, 7) is 2.54. The average molecular weight is 401 g/mol. The second kappa shape index (κ2) is 9.01. The second-order valence-electron chi connectivity index (χ2n) is 6.16. The van der Waals surface area contributed by atoms with E-state index in [1.54, 1.807) is 26.2 Å². The van der Waals surface area contributed by atoms with Gasteiger partial charge in [-0.05, 0) is 49.2 Å². The molecule has 2 aromatic rings. The summed E-state index contributed by atoms with van der Waals surface area (Å²) in [6, 6.07) is 13.1. The van der Waals surface area contributed by atoms with Gasteiger partial charge < -0.3 is 14.2 Å². The van der Waals surface area contributed by atoms with E-state index in [9.17, 15) is 4.79 Å². The van der Waals surface area contributed by atoms with Crippen molar-refractivity contribution in [3.8, 4) is 17.2 Å².